The van der Waals surface area contributed by atoms with Crippen LogP contribution in [0.4, 0.5) is 0 Å². The smallest absolute Gasteiger partial charge is 0.187 e. The molecule has 3 aliphatic heterocycles. The zero-order valence-corrected chi connectivity index (χ0v) is 34.7. The van der Waals surface area contributed by atoms with Crippen LogP contribution < -0.4 is 0 Å². The maximum absolute atomic E-state index is 12.3. The van der Waals surface area contributed by atoms with Crippen LogP contribution in [-0.4, -0.2) is 150 Å². The molecule has 0 amide bonds. The van der Waals surface area contributed by atoms with E-state index < -0.39 is 103 Å². The fourth-order valence-corrected chi connectivity index (χ4v) is 14.1. The molecule has 7 aliphatic rings. The molecule has 4 saturated carbocycles. The van der Waals surface area contributed by atoms with Crippen LogP contribution in [0.5, 0.6) is 0 Å². The molecule has 0 spiro atoms. The van der Waals surface area contributed by atoms with Gasteiger partial charge >= 0.3 is 0 Å². The first kappa shape index (κ1) is 43.5. The highest BCUT2D eigenvalue weighted by molar-refractivity contribution is 5.20. The highest BCUT2D eigenvalue weighted by atomic mass is 16.8. The molecule has 0 radical (unpaired) electrons. The summed E-state index contributed by atoms with van der Waals surface area (Å²) in [4.78, 5) is 0. The third kappa shape index (κ3) is 6.58. The molecule has 56 heavy (non-hydrogen) atoms. The third-order valence-electron chi connectivity index (χ3n) is 17.5. The number of aliphatic hydroxyl groups is 9. The molecule has 9 N–H and O–H groups in total. The largest absolute Gasteiger partial charge is 0.394 e. The van der Waals surface area contributed by atoms with Crippen molar-refractivity contribution in [2.75, 3.05) is 13.2 Å². The predicted molar refractivity (Wildman–Crippen MR) is 200 cm³/mol. The molecular weight excluding hydrogens is 728 g/mol. The van der Waals surface area contributed by atoms with Crippen LogP contribution in [0.3, 0.4) is 0 Å². The first-order valence-electron chi connectivity index (χ1n) is 21.3. The monoisotopic (exact) mass is 800 g/mol. The van der Waals surface area contributed by atoms with Crippen molar-refractivity contribution in [1.82, 2.24) is 0 Å². The van der Waals surface area contributed by atoms with Crippen molar-refractivity contribution in [3.05, 3.63) is 0 Å². The van der Waals surface area contributed by atoms with Crippen LogP contribution in [0.2, 0.25) is 0 Å². The first-order chi connectivity index (χ1) is 26.0. The van der Waals surface area contributed by atoms with E-state index in [1.54, 1.807) is 0 Å². The number of aliphatic hydroxyl groups excluding tert-OH is 8. The Hall–Kier alpha value is -0.560. The van der Waals surface area contributed by atoms with Gasteiger partial charge in [0.15, 0.2) is 12.6 Å². The summed E-state index contributed by atoms with van der Waals surface area (Å²) in [6.07, 6.45) is -8.45. The Morgan fingerprint density at radius 1 is 0.643 bits per heavy atom. The highest BCUT2D eigenvalue weighted by Crippen LogP contribution is 2.76. The van der Waals surface area contributed by atoms with Crippen LogP contribution in [0.1, 0.15) is 113 Å². The number of hydrogen-bond donors (Lipinski definition) is 9. The summed E-state index contributed by atoms with van der Waals surface area (Å²) in [5, 5.41) is 96.5. The van der Waals surface area contributed by atoms with Crippen molar-refractivity contribution < 1.29 is 69.6 Å². The lowest BCUT2D eigenvalue weighted by Gasteiger charge is -2.70. The van der Waals surface area contributed by atoms with Gasteiger partial charge in [-0.1, -0.05) is 34.6 Å². The average Bonchev–Trinajstić information content (AvgIpc) is 3.73. The van der Waals surface area contributed by atoms with E-state index in [1.807, 2.05) is 13.8 Å². The van der Waals surface area contributed by atoms with Gasteiger partial charge in [0.1, 0.15) is 48.8 Å². The Morgan fingerprint density at radius 2 is 1.25 bits per heavy atom. The van der Waals surface area contributed by atoms with Crippen molar-refractivity contribution in [3.8, 4) is 0 Å². The standard InChI is InChI=1S/C42H72O14/c1-37(2)24-10-15-40(6)25(17-21(45)28-20(9-14-41(28,40)7)42(8)16-12-27(56-42)38(3,4)51)39(24,5)13-11-26(37)54-36-34(32(49)30(47)23(19-44)53-36)55-35-33(50)31(48)29(46)22(18-43)52-35/h20-36,43-51H,9-19H2,1-8H3/t20-,21-,22-,23+,24-,25-,26+,27+,28+,29-,30+,31-,32+,33+,34+,35-,36+,39-,40-,41+,42-/m0/s1. The van der Waals surface area contributed by atoms with Gasteiger partial charge in [-0.15, -0.1) is 0 Å². The molecule has 7 fully saturated rings. The molecule has 3 heterocycles. The summed E-state index contributed by atoms with van der Waals surface area (Å²) in [6, 6.07) is 0. The zero-order chi connectivity index (χ0) is 41.1. The van der Waals surface area contributed by atoms with E-state index in [4.69, 9.17) is 23.7 Å². The molecule has 324 valence electrons. The Bertz CT molecular complexity index is 1410. The molecule has 0 aromatic heterocycles. The minimum Gasteiger partial charge on any atom is -0.394 e. The Labute approximate surface area is 331 Å². The molecule has 0 bridgehead atoms. The second-order valence-electron chi connectivity index (χ2n) is 21.1. The number of fused-ring (bicyclic) bond motifs is 5. The van der Waals surface area contributed by atoms with E-state index in [1.165, 1.54) is 0 Å². The third-order valence-corrected chi connectivity index (χ3v) is 17.5. The summed E-state index contributed by atoms with van der Waals surface area (Å²) in [6.45, 7) is 16.3. The number of rotatable bonds is 8. The van der Waals surface area contributed by atoms with E-state index in [0.717, 1.165) is 44.9 Å². The van der Waals surface area contributed by atoms with E-state index in [9.17, 15) is 46.0 Å². The molecule has 21 atom stereocenters. The van der Waals surface area contributed by atoms with Crippen LogP contribution in [0.15, 0.2) is 0 Å². The van der Waals surface area contributed by atoms with Gasteiger partial charge in [0.05, 0.1) is 42.7 Å². The summed E-state index contributed by atoms with van der Waals surface area (Å²) < 4.78 is 31.1. The summed E-state index contributed by atoms with van der Waals surface area (Å²) in [5.41, 5.74) is -2.03. The molecule has 0 aromatic carbocycles. The normalized spacial score (nSPS) is 56.0. The van der Waals surface area contributed by atoms with Gasteiger partial charge in [-0.05, 0) is 124 Å². The molecule has 4 aliphatic carbocycles. The van der Waals surface area contributed by atoms with E-state index in [0.29, 0.717) is 12.8 Å². The van der Waals surface area contributed by atoms with Crippen LogP contribution in [-0.2, 0) is 23.7 Å². The summed E-state index contributed by atoms with van der Waals surface area (Å²) >= 11 is 0. The summed E-state index contributed by atoms with van der Waals surface area (Å²) in [5.74, 6) is 0.725. The Kier molecular flexibility index (Phi) is 11.5. The average molecular weight is 801 g/mol. The van der Waals surface area contributed by atoms with Gasteiger partial charge in [-0.25, -0.2) is 0 Å². The van der Waals surface area contributed by atoms with Crippen LogP contribution >= 0.6 is 0 Å². The van der Waals surface area contributed by atoms with Gasteiger partial charge in [0, 0.05) is 0 Å². The molecular formula is C42H72O14. The fourth-order valence-electron chi connectivity index (χ4n) is 14.1. The minimum atomic E-state index is -1.75. The molecule has 14 heteroatoms. The highest BCUT2D eigenvalue weighted by Gasteiger charge is 2.72. The predicted octanol–water partition coefficient (Wildman–Crippen LogP) is 1.36. The topological polar surface area (TPSA) is 228 Å². The second kappa shape index (κ2) is 14.8. The Balaban J connectivity index is 1.11. The summed E-state index contributed by atoms with van der Waals surface area (Å²) in [7, 11) is 0. The van der Waals surface area contributed by atoms with Gasteiger partial charge < -0.3 is 69.6 Å². The van der Waals surface area contributed by atoms with Gasteiger partial charge in [0.25, 0.3) is 0 Å². The molecule has 14 nitrogen and oxygen atoms in total. The zero-order valence-electron chi connectivity index (χ0n) is 34.7. The van der Waals surface area contributed by atoms with Crippen molar-refractivity contribution >= 4 is 0 Å². The molecule has 0 aromatic rings. The lowest BCUT2D eigenvalue weighted by molar-refractivity contribution is -0.378. The maximum atomic E-state index is 12.3. The molecule has 0 unspecified atom stereocenters. The van der Waals surface area contributed by atoms with Crippen molar-refractivity contribution in [3.63, 3.8) is 0 Å². The van der Waals surface area contributed by atoms with Crippen LogP contribution in [0.25, 0.3) is 0 Å². The SMILES string of the molecule is CC(C)(O)[C@H]1CC[C@@](C)([C@H]2CC[C@]3(C)[C@H]2[C@@H](O)C[C@H]2[C@@]4(C)CC[C@@H](O[C@H]5O[C@H](CO)[C@@H](O)[C@@H](O)[C@H]5O[C@@H]5O[C@@H](CO)[C@H](O)[C@H](O)[C@H]5O)C(C)(C)[C@@H]4CC[C@@]23C)O1. The van der Waals surface area contributed by atoms with Crippen molar-refractivity contribution in [1.29, 1.82) is 0 Å². The second-order valence-corrected chi connectivity index (χ2v) is 21.1. The maximum Gasteiger partial charge on any atom is 0.187 e. The van der Waals surface area contributed by atoms with Crippen LogP contribution in [0, 0.1) is 45.3 Å². The van der Waals surface area contributed by atoms with Gasteiger partial charge in [-0.2, -0.15) is 0 Å². The van der Waals surface area contributed by atoms with E-state index in [-0.39, 0.29) is 46.0 Å². The van der Waals surface area contributed by atoms with Crippen molar-refractivity contribution in [2.45, 2.75) is 204 Å². The van der Waals surface area contributed by atoms with Crippen molar-refractivity contribution in [2.24, 2.45) is 45.3 Å². The molecule has 3 saturated heterocycles. The first-order valence-corrected chi connectivity index (χ1v) is 21.3. The lowest BCUT2D eigenvalue weighted by Crippen LogP contribution is -2.68. The van der Waals surface area contributed by atoms with Gasteiger partial charge in [-0.3, -0.25) is 0 Å². The number of ether oxygens (including phenoxy) is 5. The number of hydrogen-bond acceptors (Lipinski definition) is 14. The van der Waals surface area contributed by atoms with Gasteiger partial charge in [0.2, 0.25) is 0 Å². The lowest BCUT2D eigenvalue weighted by atomic mass is 9.35. The fraction of sp³-hybridized carbons (Fsp3) is 1.00. The quantitative estimate of drug-likeness (QED) is 0.158. The van der Waals surface area contributed by atoms with E-state index in [2.05, 4.69) is 41.5 Å². The van der Waals surface area contributed by atoms with E-state index >= 15 is 0 Å². The minimum absolute atomic E-state index is 0.0311. The molecule has 7 rings (SSSR count). The Morgan fingerprint density at radius 3 is 1.86 bits per heavy atom.